The van der Waals surface area contributed by atoms with E-state index in [4.69, 9.17) is 18.6 Å². The van der Waals surface area contributed by atoms with Gasteiger partial charge >= 0.3 is 5.97 Å². The quantitative estimate of drug-likeness (QED) is 0.486. The Balaban J connectivity index is 1.63. The predicted octanol–water partition coefficient (Wildman–Crippen LogP) is 3.01. The number of esters is 1. The van der Waals surface area contributed by atoms with Crippen LogP contribution in [0.2, 0.25) is 0 Å². The number of pyridine rings is 1. The standard InChI is InChI=1S/C26H28N2O7/c1-32-22-10-17-6-9-28(14-18(17)11-23(22)33-2)15-19-12-21(29)25(31)26(35-19)20(13-24(30)34-3)16-4-7-27-8-5-16/h4-5,7-8,10-12,20,31H,6,9,13-15H2,1-3H3. The van der Waals surface area contributed by atoms with Crippen LogP contribution in [0.15, 0.2) is 51.9 Å². The second-order valence-corrected chi connectivity index (χ2v) is 8.34. The first-order chi connectivity index (χ1) is 16.9. The molecule has 4 rings (SSSR count). The predicted molar refractivity (Wildman–Crippen MR) is 127 cm³/mol. The van der Waals surface area contributed by atoms with Gasteiger partial charge in [-0.15, -0.1) is 0 Å². The molecule has 0 saturated heterocycles. The summed E-state index contributed by atoms with van der Waals surface area (Å²) < 4.78 is 21.7. The molecule has 0 fully saturated rings. The van der Waals surface area contributed by atoms with Crippen molar-refractivity contribution < 1.29 is 28.5 Å². The van der Waals surface area contributed by atoms with Gasteiger partial charge in [-0.05, 0) is 47.4 Å². The maximum Gasteiger partial charge on any atom is 0.306 e. The highest BCUT2D eigenvalue weighted by molar-refractivity contribution is 5.71. The van der Waals surface area contributed by atoms with Crippen LogP contribution in [-0.4, -0.2) is 48.8 Å². The van der Waals surface area contributed by atoms with Crippen LogP contribution in [0.3, 0.4) is 0 Å². The molecule has 1 aromatic carbocycles. The molecule has 1 N–H and O–H groups in total. The molecule has 3 aromatic rings. The lowest BCUT2D eigenvalue weighted by molar-refractivity contribution is -0.140. The summed E-state index contributed by atoms with van der Waals surface area (Å²) in [5.74, 6) is 0.0909. The van der Waals surface area contributed by atoms with Gasteiger partial charge < -0.3 is 23.7 Å². The van der Waals surface area contributed by atoms with Gasteiger partial charge in [0.25, 0.3) is 0 Å². The highest BCUT2D eigenvalue weighted by Gasteiger charge is 2.27. The minimum absolute atomic E-state index is 0.0351. The number of carbonyl (C=O) groups is 1. The van der Waals surface area contributed by atoms with Crippen LogP contribution in [0.25, 0.3) is 0 Å². The third kappa shape index (κ3) is 5.30. The minimum Gasteiger partial charge on any atom is -0.502 e. The van der Waals surface area contributed by atoms with Crippen molar-refractivity contribution in [2.45, 2.75) is 31.8 Å². The van der Waals surface area contributed by atoms with Gasteiger partial charge in [-0.2, -0.15) is 0 Å². The zero-order chi connectivity index (χ0) is 24.9. The number of hydrogen-bond donors (Lipinski definition) is 1. The van der Waals surface area contributed by atoms with E-state index in [1.165, 1.54) is 18.7 Å². The number of fused-ring (bicyclic) bond motifs is 1. The Morgan fingerprint density at radius 2 is 1.80 bits per heavy atom. The molecule has 1 aliphatic rings. The third-order valence-electron chi connectivity index (χ3n) is 6.20. The van der Waals surface area contributed by atoms with E-state index < -0.39 is 23.1 Å². The summed E-state index contributed by atoms with van der Waals surface area (Å²) in [4.78, 5) is 30.9. The van der Waals surface area contributed by atoms with Crippen molar-refractivity contribution in [3.05, 3.63) is 81.2 Å². The largest absolute Gasteiger partial charge is 0.502 e. The molecule has 184 valence electrons. The lowest BCUT2D eigenvalue weighted by Gasteiger charge is -2.29. The van der Waals surface area contributed by atoms with Crippen molar-refractivity contribution in [2.75, 3.05) is 27.9 Å². The number of methoxy groups -OCH3 is 3. The first kappa shape index (κ1) is 24.3. The summed E-state index contributed by atoms with van der Waals surface area (Å²) in [6.45, 7) is 1.74. The minimum atomic E-state index is -0.697. The van der Waals surface area contributed by atoms with Gasteiger partial charge in [0, 0.05) is 31.5 Å². The van der Waals surface area contributed by atoms with E-state index in [0.717, 1.165) is 18.5 Å². The van der Waals surface area contributed by atoms with Crippen molar-refractivity contribution in [1.29, 1.82) is 0 Å². The smallest absolute Gasteiger partial charge is 0.306 e. The summed E-state index contributed by atoms with van der Waals surface area (Å²) in [5.41, 5.74) is 2.40. The fourth-order valence-electron chi connectivity index (χ4n) is 4.37. The van der Waals surface area contributed by atoms with Crippen molar-refractivity contribution >= 4 is 5.97 Å². The fourth-order valence-corrected chi connectivity index (χ4v) is 4.37. The van der Waals surface area contributed by atoms with E-state index in [9.17, 15) is 14.7 Å². The zero-order valence-corrected chi connectivity index (χ0v) is 19.9. The number of carbonyl (C=O) groups excluding carboxylic acids is 1. The summed E-state index contributed by atoms with van der Waals surface area (Å²) in [6, 6.07) is 8.68. The average molecular weight is 481 g/mol. The Morgan fingerprint density at radius 3 is 2.46 bits per heavy atom. The van der Waals surface area contributed by atoms with Crippen molar-refractivity contribution in [3.63, 3.8) is 0 Å². The van der Waals surface area contributed by atoms with E-state index in [1.54, 1.807) is 38.7 Å². The fraction of sp³-hybridized carbons (Fsp3) is 0.346. The monoisotopic (exact) mass is 480 g/mol. The number of hydrogen-bond acceptors (Lipinski definition) is 9. The summed E-state index contributed by atoms with van der Waals surface area (Å²) >= 11 is 0. The molecule has 0 spiro atoms. The molecule has 0 saturated carbocycles. The molecule has 1 atom stereocenters. The van der Waals surface area contributed by atoms with Crippen LogP contribution in [-0.2, 0) is 29.0 Å². The Morgan fingerprint density at radius 1 is 1.11 bits per heavy atom. The summed E-state index contributed by atoms with van der Waals surface area (Å²) in [5, 5.41) is 10.6. The molecule has 3 heterocycles. The van der Waals surface area contributed by atoms with Gasteiger partial charge in [0.05, 0.1) is 40.2 Å². The molecular weight excluding hydrogens is 452 g/mol. The Hall–Kier alpha value is -3.85. The van der Waals surface area contributed by atoms with Crippen LogP contribution >= 0.6 is 0 Å². The Kier molecular flexibility index (Phi) is 7.36. The Labute approximate surface area is 202 Å². The van der Waals surface area contributed by atoms with Crippen molar-refractivity contribution in [1.82, 2.24) is 9.88 Å². The molecule has 2 aromatic heterocycles. The molecule has 0 aliphatic carbocycles. The van der Waals surface area contributed by atoms with Gasteiger partial charge in [0.2, 0.25) is 11.2 Å². The molecule has 0 radical (unpaired) electrons. The van der Waals surface area contributed by atoms with Crippen LogP contribution in [0, 0.1) is 0 Å². The molecule has 1 unspecified atom stereocenters. The molecule has 0 bridgehead atoms. The second-order valence-electron chi connectivity index (χ2n) is 8.34. The third-order valence-corrected chi connectivity index (χ3v) is 6.20. The Bertz CT molecular complexity index is 1260. The first-order valence-electron chi connectivity index (χ1n) is 11.2. The van der Waals surface area contributed by atoms with Crippen molar-refractivity contribution in [2.24, 2.45) is 0 Å². The van der Waals surface area contributed by atoms with Gasteiger partial charge in [-0.3, -0.25) is 19.5 Å². The SMILES string of the molecule is COC(=O)CC(c1ccncc1)c1oc(CN2CCc3cc(OC)c(OC)cc3C2)cc(=O)c1O. The van der Waals surface area contributed by atoms with E-state index in [1.807, 2.05) is 12.1 Å². The van der Waals surface area contributed by atoms with Crippen LogP contribution in [0.5, 0.6) is 17.2 Å². The number of rotatable bonds is 8. The molecular formula is C26H28N2O7. The van der Waals surface area contributed by atoms with Crippen LogP contribution < -0.4 is 14.9 Å². The number of nitrogens with zero attached hydrogens (tertiary/aromatic N) is 2. The molecule has 9 heteroatoms. The number of aromatic hydroxyl groups is 1. The van der Waals surface area contributed by atoms with E-state index in [2.05, 4.69) is 9.88 Å². The van der Waals surface area contributed by atoms with E-state index in [-0.39, 0.29) is 12.2 Å². The van der Waals surface area contributed by atoms with Crippen LogP contribution in [0.1, 0.15) is 40.5 Å². The highest BCUT2D eigenvalue weighted by Crippen LogP contribution is 2.35. The number of aromatic nitrogens is 1. The highest BCUT2D eigenvalue weighted by atomic mass is 16.5. The summed E-state index contributed by atoms with van der Waals surface area (Å²) in [6.07, 6.45) is 3.85. The molecule has 1 aliphatic heterocycles. The van der Waals surface area contributed by atoms with E-state index >= 15 is 0 Å². The topological polar surface area (TPSA) is 111 Å². The average Bonchev–Trinajstić information content (AvgIpc) is 2.88. The van der Waals surface area contributed by atoms with Gasteiger partial charge in [0.1, 0.15) is 5.76 Å². The zero-order valence-electron chi connectivity index (χ0n) is 19.9. The lowest BCUT2D eigenvalue weighted by atomic mass is 9.93. The second kappa shape index (κ2) is 10.6. The maximum atomic E-state index is 12.7. The number of ether oxygens (including phenoxy) is 3. The lowest BCUT2D eigenvalue weighted by Crippen LogP contribution is -2.30. The summed E-state index contributed by atoms with van der Waals surface area (Å²) in [7, 11) is 4.51. The first-order valence-corrected chi connectivity index (χ1v) is 11.2. The maximum absolute atomic E-state index is 12.7. The number of benzene rings is 1. The van der Waals surface area contributed by atoms with E-state index in [0.29, 0.717) is 35.9 Å². The van der Waals surface area contributed by atoms with Crippen LogP contribution in [0.4, 0.5) is 0 Å². The molecule has 0 amide bonds. The van der Waals surface area contributed by atoms with Gasteiger partial charge in [0.15, 0.2) is 17.3 Å². The normalized spacial score (nSPS) is 14.1. The molecule has 35 heavy (non-hydrogen) atoms. The van der Waals surface area contributed by atoms with Gasteiger partial charge in [-0.25, -0.2) is 0 Å². The van der Waals surface area contributed by atoms with Gasteiger partial charge in [-0.1, -0.05) is 0 Å². The molecule has 9 nitrogen and oxygen atoms in total. The van der Waals surface area contributed by atoms with Crippen molar-refractivity contribution in [3.8, 4) is 17.2 Å².